The number of rotatable bonds is 4. The van der Waals surface area contributed by atoms with Crippen molar-refractivity contribution in [2.75, 3.05) is 11.2 Å². The summed E-state index contributed by atoms with van der Waals surface area (Å²) in [5, 5.41) is 0. The first-order chi connectivity index (χ1) is 5.86. The lowest BCUT2D eigenvalue weighted by atomic mass is 10.3. The molecule has 0 aliphatic rings. The Hall–Kier alpha value is -0.450. The molecule has 0 N–H and O–H groups in total. The van der Waals surface area contributed by atoms with Crippen LogP contribution in [0.3, 0.4) is 0 Å². The number of halogens is 1. The Balaban J connectivity index is 2.67. The molecule has 0 aromatic heterocycles. The standard InChI is InChI=1S/C9H11IO2/c1-2-11-8-4-3-5-9(6-8)12-7-10/h3-6H,2,7H2,1H3. The number of hydrogen-bond acceptors (Lipinski definition) is 2. The van der Waals surface area contributed by atoms with Crippen LogP contribution in [0.2, 0.25) is 0 Å². The molecule has 0 bridgehead atoms. The van der Waals surface area contributed by atoms with Crippen LogP contribution in [0.25, 0.3) is 0 Å². The lowest BCUT2D eigenvalue weighted by molar-refractivity contribution is 0.335. The fraction of sp³-hybridized carbons (Fsp3) is 0.333. The van der Waals surface area contributed by atoms with E-state index >= 15 is 0 Å². The van der Waals surface area contributed by atoms with Gasteiger partial charge in [-0.15, -0.1) is 0 Å². The molecule has 0 saturated heterocycles. The Labute approximate surface area is 86.0 Å². The molecule has 2 nitrogen and oxygen atoms in total. The van der Waals surface area contributed by atoms with E-state index in [1.165, 1.54) is 0 Å². The van der Waals surface area contributed by atoms with E-state index in [0.29, 0.717) is 11.2 Å². The average Bonchev–Trinajstić information content (AvgIpc) is 2.06. The van der Waals surface area contributed by atoms with Gasteiger partial charge in [0.05, 0.1) is 6.61 Å². The van der Waals surface area contributed by atoms with Crippen molar-refractivity contribution in [1.29, 1.82) is 0 Å². The summed E-state index contributed by atoms with van der Waals surface area (Å²) in [5.74, 6) is 1.72. The van der Waals surface area contributed by atoms with Gasteiger partial charge >= 0.3 is 0 Å². The highest BCUT2D eigenvalue weighted by Crippen LogP contribution is 2.19. The summed E-state index contributed by atoms with van der Waals surface area (Å²) in [7, 11) is 0. The lowest BCUT2D eigenvalue weighted by Crippen LogP contribution is -1.92. The molecule has 1 aromatic carbocycles. The van der Waals surface area contributed by atoms with Crippen LogP contribution in [0, 0.1) is 0 Å². The second kappa shape index (κ2) is 5.24. The Bertz CT molecular complexity index is 216. The molecule has 66 valence electrons. The lowest BCUT2D eigenvalue weighted by Gasteiger charge is -2.05. The largest absolute Gasteiger partial charge is 0.494 e. The van der Waals surface area contributed by atoms with Crippen LogP contribution in [-0.2, 0) is 0 Å². The van der Waals surface area contributed by atoms with Crippen LogP contribution in [0.1, 0.15) is 6.92 Å². The van der Waals surface area contributed by atoms with Gasteiger partial charge in [-0.05, 0) is 41.6 Å². The number of benzene rings is 1. The van der Waals surface area contributed by atoms with E-state index in [1.807, 2.05) is 31.2 Å². The summed E-state index contributed by atoms with van der Waals surface area (Å²) in [6, 6.07) is 7.65. The minimum atomic E-state index is 0.660. The second-order valence-electron chi connectivity index (χ2n) is 2.16. The molecule has 0 heterocycles. The third kappa shape index (κ3) is 2.89. The van der Waals surface area contributed by atoms with Gasteiger partial charge in [0.15, 0.2) is 0 Å². The molecule has 0 amide bonds. The average molecular weight is 278 g/mol. The van der Waals surface area contributed by atoms with Crippen molar-refractivity contribution >= 4 is 22.6 Å². The molecule has 0 atom stereocenters. The maximum absolute atomic E-state index is 5.31. The van der Waals surface area contributed by atoms with E-state index in [-0.39, 0.29) is 0 Å². The van der Waals surface area contributed by atoms with Gasteiger partial charge in [-0.2, -0.15) is 0 Å². The molecular weight excluding hydrogens is 267 g/mol. The van der Waals surface area contributed by atoms with Gasteiger partial charge in [0.1, 0.15) is 16.1 Å². The summed E-state index contributed by atoms with van der Waals surface area (Å²) in [4.78, 5) is 0. The highest BCUT2D eigenvalue weighted by Gasteiger charge is 1.94. The maximum Gasteiger partial charge on any atom is 0.139 e. The molecule has 12 heavy (non-hydrogen) atoms. The van der Waals surface area contributed by atoms with Crippen molar-refractivity contribution in [3.05, 3.63) is 24.3 Å². The van der Waals surface area contributed by atoms with E-state index in [9.17, 15) is 0 Å². The van der Waals surface area contributed by atoms with E-state index < -0.39 is 0 Å². The van der Waals surface area contributed by atoms with Crippen LogP contribution in [0.5, 0.6) is 11.5 Å². The molecular formula is C9H11IO2. The van der Waals surface area contributed by atoms with Crippen molar-refractivity contribution in [1.82, 2.24) is 0 Å². The molecule has 0 aliphatic heterocycles. The van der Waals surface area contributed by atoms with Gasteiger partial charge in [-0.1, -0.05) is 6.07 Å². The summed E-state index contributed by atoms with van der Waals surface area (Å²) in [5.41, 5.74) is 0. The summed E-state index contributed by atoms with van der Waals surface area (Å²) >= 11 is 2.16. The molecule has 0 aliphatic carbocycles. The van der Waals surface area contributed by atoms with Crippen LogP contribution in [-0.4, -0.2) is 11.2 Å². The molecule has 0 fully saturated rings. The number of alkyl halides is 1. The van der Waals surface area contributed by atoms with Gasteiger partial charge < -0.3 is 9.47 Å². The Kier molecular flexibility index (Phi) is 4.21. The number of hydrogen-bond donors (Lipinski definition) is 0. The Morgan fingerprint density at radius 2 is 1.92 bits per heavy atom. The van der Waals surface area contributed by atoms with Gasteiger partial charge in [-0.25, -0.2) is 0 Å². The molecule has 1 aromatic rings. The Morgan fingerprint density at radius 1 is 1.25 bits per heavy atom. The minimum absolute atomic E-state index is 0.660. The van der Waals surface area contributed by atoms with Crippen molar-refractivity contribution in [3.8, 4) is 11.5 Å². The van der Waals surface area contributed by atoms with Crippen LogP contribution >= 0.6 is 22.6 Å². The van der Waals surface area contributed by atoms with E-state index in [4.69, 9.17) is 9.47 Å². The molecule has 0 radical (unpaired) electrons. The highest BCUT2D eigenvalue weighted by molar-refractivity contribution is 14.1. The van der Waals surface area contributed by atoms with Gasteiger partial charge in [0.25, 0.3) is 0 Å². The molecule has 0 unspecified atom stereocenters. The molecule has 3 heteroatoms. The van der Waals surface area contributed by atoms with Crippen LogP contribution in [0.15, 0.2) is 24.3 Å². The summed E-state index contributed by atoms with van der Waals surface area (Å²) < 4.78 is 11.3. The molecule has 1 rings (SSSR count). The number of ether oxygens (including phenoxy) is 2. The normalized spacial score (nSPS) is 9.50. The SMILES string of the molecule is CCOc1cccc(OCI)c1. The second-order valence-corrected chi connectivity index (χ2v) is 2.78. The smallest absolute Gasteiger partial charge is 0.139 e. The zero-order chi connectivity index (χ0) is 8.81. The van der Waals surface area contributed by atoms with Crippen LogP contribution in [0.4, 0.5) is 0 Å². The highest BCUT2D eigenvalue weighted by atomic mass is 127. The molecule has 0 spiro atoms. The summed E-state index contributed by atoms with van der Waals surface area (Å²) in [6.45, 7) is 2.65. The quantitative estimate of drug-likeness (QED) is 0.623. The predicted octanol–water partition coefficient (Wildman–Crippen LogP) is 2.86. The van der Waals surface area contributed by atoms with Crippen molar-refractivity contribution in [2.45, 2.75) is 6.92 Å². The third-order valence-electron chi connectivity index (χ3n) is 1.34. The first kappa shape index (κ1) is 9.64. The van der Waals surface area contributed by atoms with Gasteiger partial charge in [-0.3, -0.25) is 0 Å². The summed E-state index contributed by atoms with van der Waals surface area (Å²) in [6.07, 6.45) is 0. The predicted molar refractivity (Wildman–Crippen MR) is 57.1 cm³/mol. The zero-order valence-corrected chi connectivity index (χ0v) is 9.08. The van der Waals surface area contributed by atoms with Crippen molar-refractivity contribution in [3.63, 3.8) is 0 Å². The maximum atomic E-state index is 5.31. The topological polar surface area (TPSA) is 18.5 Å². The fourth-order valence-corrected chi connectivity index (χ4v) is 1.24. The van der Waals surface area contributed by atoms with E-state index in [1.54, 1.807) is 0 Å². The monoisotopic (exact) mass is 278 g/mol. The minimum Gasteiger partial charge on any atom is -0.494 e. The third-order valence-corrected chi connectivity index (χ3v) is 1.65. The van der Waals surface area contributed by atoms with E-state index in [2.05, 4.69) is 22.6 Å². The molecule has 0 saturated carbocycles. The first-order valence-corrected chi connectivity index (χ1v) is 5.31. The van der Waals surface area contributed by atoms with Crippen molar-refractivity contribution in [2.24, 2.45) is 0 Å². The first-order valence-electron chi connectivity index (χ1n) is 3.78. The van der Waals surface area contributed by atoms with Gasteiger partial charge in [0, 0.05) is 6.07 Å². The van der Waals surface area contributed by atoms with Crippen molar-refractivity contribution < 1.29 is 9.47 Å². The zero-order valence-electron chi connectivity index (χ0n) is 6.92. The van der Waals surface area contributed by atoms with Gasteiger partial charge in [0.2, 0.25) is 0 Å². The Morgan fingerprint density at radius 3 is 2.50 bits per heavy atom. The van der Waals surface area contributed by atoms with E-state index in [0.717, 1.165) is 11.5 Å². The fourth-order valence-electron chi connectivity index (χ4n) is 0.883. The van der Waals surface area contributed by atoms with Crippen LogP contribution < -0.4 is 9.47 Å².